The van der Waals surface area contributed by atoms with Crippen LogP contribution in [0.1, 0.15) is 104 Å². The standard InChI is InChI=1S/C16H32O2.C3H8O3.C2H4O2/c1-2-3-4-5-6-7-8-9-10-11-12-13-14-15-16(17)18;4-1-3(6)2-5;1-2(3)4/h2-15H2,1H3,(H,17,18);3-6H,1-2H2;1H3,(H,3,4). The lowest BCUT2D eigenvalue weighted by Crippen LogP contribution is -2.15. The zero-order valence-corrected chi connectivity index (χ0v) is 17.9. The van der Waals surface area contributed by atoms with Crippen LogP contribution in [0.3, 0.4) is 0 Å². The molecule has 0 radical (unpaired) electrons. The summed E-state index contributed by atoms with van der Waals surface area (Å²) in [7, 11) is 0. The molecule has 170 valence electrons. The molecule has 0 aromatic rings. The fourth-order valence-electron chi connectivity index (χ4n) is 2.35. The monoisotopic (exact) mass is 408 g/mol. The number of rotatable bonds is 16. The minimum Gasteiger partial charge on any atom is -0.481 e. The molecule has 0 aliphatic heterocycles. The van der Waals surface area contributed by atoms with E-state index in [-0.39, 0.29) is 13.2 Å². The van der Waals surface area contributed by atoms with Crippen LogP contribution in [-0.2, 0) is 9.59 Å². The van der Waals surface area contributed by atoms with E-state index in [1.807, 2.05) is 0 Å². The van der Waals surface area contributed by atoms with Crippen LogP contribution in [0.15, 0.2) is 0 Å². The molecule has 0 aromatic carbocycles. The summed E-state index contributed by atoms with van der Waals surface area (Å²) in [5, 5.41) is 39.9. The number of hydrogen-bond acceptors (Lipinski definition) is 5. The van der Waals surface area contributed by atoms with Crippen molar-refractivity contribution in [3.63, 3.8) is 0 Å². The second-order valence-corrected chi connectivity index (χ2v) is 6.92. The third-order valence-electron chi connectivity index (χ3n) is 3.92. The van der Waals surface area contributed by atoms with E-state index in [2.05, 4.69) is 6.92 Å². The number of carboxylic acids is 2. The van der Waals surface area contributed by atoms with Crippen molar-refractivity contribution in [3.8, 4) is 0 Å². The van der Waals surface area contributed by atoms with Crippen LogP contribution >= 0.6 is 0 Å². The van der Waals surface area contributed by atoms with Gasteiger partial charge in [0.15, 0.2) is 0 Å². The van der Waals surface area contributed by atoms with Gasteiger partial charge in [-0.3, -0.25) is 9.59 Å². The lowest BCUT2D eigenvalue weighted by atomic mass is 10.0. The highest BCUT2D eigenvalue weighted by atomic mass is 16.4. The summed E-state index contributed by atoms with van der Waals surface area (Å²) < 4.78 is 0. The summed E-state index contributed by atoms with van der Waals surface area (Å²) >= 11 is 0. The molecule has 0 aliphatic rings. The van der Waals surface area contributed by atoms with Crippen molar-refractivity contribution in [1.82, 2.24) is 0 Å². The molecule has 7 heteroatoms. The summed E-state index contributed by atoms with van der Waals surface area (Å²) in [6.07, 6.45) is 16.3. The highest BCUT2D eigenvalue weighted by molar-refractivity contribution is 5.66. The Hall–Kier alpha value is -1.18. The van der Waals surface area contributed by atoms with Crippen LogP contribution in [0.25, 0.3) is 0 Å². The fraction of sp³-hybridized carbons (Fsp3) is 0.905. The van der Waals surface area contributed by atoms with Crippen molar-refractivity contribution in [2.45, 2.75) is 110 Å². The molecule has 0 fully saturated rings. The summed E-state index contributed by atoms with van der Waals surface area (Å²) in [4.78, 5) is 19.3. The van der Waals surface area contributed by atoms with Crippen molar-refractivity contribution < 1.29 is 35.1 Å². The number of hydrogen-bond donors (Lipinski definition) is 5. The van der Waals surface area contributed by atoms with Gasteiger partial charge in [-0.1, -0.05) is 84.0 Å². The normalized spacial score (nSPS) is 9.93. The van der Waals surface area contributed by atoms with Gasteiger partial charge in [0.2, 0.25) is 0 Å². The van der Waals surface area contributed by atoms with E-state index in [0.717, 1.165) is 19.8 Å². The first-order valence-electron chi connectivity index (χ1n) is 10.6. The van der Waals surface area contributed by atoms with Gasteiger partial charge in [-0.15, -0.1) is 0 Å². The van der Waals surface area contributed by atoms with E-state index in [9.17, 15) is 4.79 Å². The van der Waals surface area contributed by atoms with Gasteiger partial charge in [-0.2, -0.15) is 0 Å². The third kappa shape index (κ3) is 44.3. The Bertz CT molecular complexity index is 314. The Labute approximate surface area is 170 Å². The second kappa shape index (κ2) is 28.0. The van der Waals surface area contributed by atoms with Gasteiger partial charge in [0.05, 0.1) is 13.2 Å². The quantitative estimate of drug-likeness (QED) is 0.244. The lowest BCUT2D eigenvalue weighted by molar-refractivity contribution is -0.137. The van der Waals surface area contributed by atoms with E-state index in [4.69, 9.17) is 30.3 Å². The largest absolute Gasteiger partial charge is 0.481 e. The molecule has 0 saturated heterocycles. The first-order chi connectivity index (χ1) is 13.3. The van der Waals surface area contributed by atoms with E-state index in [1.165, 1.54) is 70.6 Å². The summed E-state index contributed by atoms with van der Waals surface area (Å²) in [6.45, 7) is 2.61. The van der Waals surface area contributed by atoms with Gasteiger partial charge >= 0.3 is 5.97 Å². The Morgan fingerprint density at radius 2 is 0.964 bits per heavy atom. The number of aliphatic hydroxyl groups excluding tert-OH is 3. The number of aliphatic hydroxyl groups is 3. The average molecular weight is 409 g/mol. The highest BCUT2D eigenvalue weighted by Gasteiger charge is 1.97. The molecule has 7 nitrogen and oxygen atoms in total. The number of carbonyl (C=O) groups is 2. The van der Waals surface area contributed by atoms with Crippen molar-refractivity contribution in [1.29, 1.82) is 0 Å². The van der Waals surface area contributed by atoms with Gasteiger partial charge in [0, 0.05) is 13.3 Å². The SMILES string of the molecule is CC(=O)O.CCCCCCCCCCCCCCCC(=O)O.OCC(O)CO. The lowest BCUT2D eigenvalue weighted by Gasteiger charge is -2.02. The van der Waals surface area contributed by atoms with Gasteiger partial charge < -0.3 is 25.5 Å². The molecule has 0 amide bonds. The maximum absolute atomic E-state index is 10.3. The van der Waals surface area contributed by atoms with Crippen LogP contribution in [0, 0.1) is 0 Å². The minimum atomic E-state index is -0.954. The molecule has 0 atom stereocenters. The molecule has 0 saturated carbocycles. The number of carboxylic acid groups (broad SMARTS) is 2. The highest BCUT2D eigenvalue weighted by Crippen LogP contribution is 2.12. The fourth-order valence-corrected chi connectivity index (χ4v) is 2.35. The minimum absolute atomic E-state index is 0.345. The topological polar surface area (TPSA) is 135 Å². The van der Waals surface area contributed by atoms with E-state index < -0.39 is 18.0 Å². The van der Waals surface area contributed by atoms with Gasteiger partial charge in [-0.25, -0.2) is 0 Å². The Morgan fingerprint density at radius 1 is 0.679 bits per heavy atom. The van der Waals surface area contributed by atoms with Crippen LogP contribution in [-0.4, -0.2) is 56.8 Å². The van der Waals surface area contributed by atoms with E-state index in [1.54, 1.807) is 0 Å². The maximum Gasteiger partial charge on any atom is 0.303 e. The van der Waals surface area contributed by atoms with Gasteiger partial charge in [-0.05, 0) is 6.42 Å². The molecule has 0 aromatic heterocycles. The Morgan fingerprint density at radius 3 is 1.18 bits per heavy atom. The Kier molecular flexibility index (Phi) is 31.6. The number of aliphatic carboxylic acids is 2. The third-order valence-corrected chi connectivity index (χ3v) is 3.92. The van der Waals surface area contributed by atoms with Crippen LogP contribution in [0.4, 0.5) is 0 Å². The summed E-state index contributed by atoms with van der Waals surface area (Å²) in [5.41, 5.74) is 0. The van der Waals surface area contributed by atoms with Crippen molar-refractivity contribution in [2.24, 2.45) is 0 Å². The Balaban J connectivity index is -0.000000513. The zero-order chi connectivity index (χ0) is 22.0. The second-order valence-electron chi connectivity index (χ2n) is 6.92. The van der Waals surface area contributed by atoms with Crippen LogP contribution in [0.2, 0.25) is 0 Å². The van der Waals surface area contributed by atoms with Crippen molar-refractivity contribution >= 4 is 11.9 Å². The zero-order valence-electron chi connectivity index (χ0n) is 17.9. The van der Waals surface area contributed by atoms with E-state index >= 15 is 0 Å². The molecule has 0 bridgehead atoms. The first kappa shape index (κ1) is 31.5. The average Bonchev–Trinajstić information content (AvgIpc) is 2.64. The van der Waals surface area contributed by atoms with Crippen LogP contribution in [0.5, 0.6) is 0 Å². The number of unbranched alkanes of at least 4 members (excludes halogenated alkanes) is 12. The predicted molar refractivity (Wildman–Crippen MR) is 111 cm³/mol. The summed E-state index contributed by atoms with van der Waals surface area (Å²) in [5.74, 6) is -1.49. The first-order valence-corrected chi connectivity index (χ1v) is 10.6. The molecule has 0 aliphatic carbocycles. The molecular weight excluding hydrogens is 364 g/mol. The van der Waals surface area contributed by atoms with Crippen molar-refractivity contribution in [2.75, 3.05) is 13.2 Å². The summed E-state index contributed by atoms with van der Waals surface area (Å²) in [6, 6.07) is 0. The molecule has 5 N–H and O–H groups in total. The van der Waals surface area contributed by atoms with Crippen molar-refractivity contribution in [3.05, 3.63) is 0 Å². The predicted octanol–water partition coefficient (Wildman–Crippen LogP) is 3.98. The smallest absolute Gasteiger partial charge is 0.303 e. The molecule has 0 unspecified atom stereocenters. The van der Waals surface area contributed by atoms with Crippen LogP contribution < -0.4 is 0 Å². The molecule has 0 rings (SSSR count). The van der Waals surface area contributed by atoms with Gasteiger partial charge in [0.1, 0.15) is 6.10 Å². The molecule has 0 spiro atoms. The van der Waals surface area contributed by atoms with Gasteiger partial charge in [0.25, 0.3) is 5.97 Å². The molecule has 0 heterocycles. The van der Waals surface area contributed by atoms with E-state index in [0.29, 0.717) is 6.42 Å². The molecule has 28 heavy (non-hydrogen) atoms. The molecular formula is C21H44O7. The maximum atomic E-state index is 10.3.